The highest BCUT2D eigenvalue weighted by Gasteiger charge is 2.49. The second-order valence-corrected chi connectivity index (χ2v) is 10.1. The maximum absolute atomic E-state index is 12.9. The SMILES string of the molecule is O=C1CN(CCCc2ccccc2)[C@@H]2CS(=O)(=O)C[C@@H]2N1c1ccc(Cl)cc1. The lowest BCUT2D eigenvalue weighted by molar-refractivity contribution is -0.123. The summed E-state index contributed by atoms with van der Waals surface area (Å²) in [6.45, 7) is 0.958. The number of aryl methyl sites for hydroxylation is 1. The molecule has 4 rings (SSSR count). The Labute approximate surface area is 170 Å². The molecule has 2 aliphatic rings. The van der Waals surface area contributed by atoms with Crippen LogP contribution in [0.2, 0.25) is 5.02 Å². The molecule has 2 aromatic rings. The maximum Gasteiger partial charge on any atom is 0.241 e. The van der Waals surface area contributed by atoms with E-state index in [1.807, 2.05) is 18.2 Å². The van der Waals surface area contributed by atoms with E-state index in [4.69, 9.17) is 11.6 Å². The molecule has 0 aliphatic carbocycles. The van der Waals surface area contributed by atoms with E-state index in [1.165, 1.54) is 5.56 Å². The first-order chi connectivity index (χ1) is 13.4. The number of fused-ring (bicyclic) bond motifs is 1. The Morgan fingerprint density at radius 2 is 1.64 bits per heavy atom. The molecule has 5 nitrogen and oxygen atoms in total. The van der Waals surface area contributed by atoms with E-state index in [0.29, 0.717) is 17.3 Å². The van der Waals surface area contributed by atoms with Crippen molar-refractivity contribution in [1.82, 2.24) is 4.90 Å². The van der Waals surface area contributed by atoms with Crippen molar-refractivity contribution in [2.45, 2.75) is 24.9 Å². The molecule has 0 saturated carbocycles. The predicted octanol–water partition coefficient (Wildman–Crippen LogP) is 2.79. The fraction of sp³-hybridized carbons (Fsp3) is 0.381. The monoisotopic (exact) mass is 418 g/mol. The molecule has 0 unspecified atom stereocenters. The molecule has 2 aliphatic heterocycles. The number of rotatable bonds is 5. The second-order valence-electron chi connectivity index (χ2n) is 7.51. The van der Waals surface area contributed by atoms with E-state index < -0.39 is 9.84 Å². The minimum Gasteiger partial charge on any atom is -0.306 e. The quantitative estimate of drug-likeness (QED) is 0.749. The van der Waals surface area contributed by atoms with Gasteiger partial charge < -0.3 is 4.90 Å². The topological polar surface area (TPSA) is 57.7 Å². The fourth-order valence-electron chi connectivity index (χ4n) is 4.27. The number of halogens is 1. The van der Waals surface area contributed by atoms with Gasteiger partial charge in [0.25, 0.3) is 0 Å². The molecule has 148 valence electrons. The molecule has 0 aromatic heterocycles. The summed E-state index contributed by atoms with van der Waals surface area (Å²) in [7, 11) is -3.17. The van der Waals surface area contributed by atoms with Crippen LogP contribution < -0.4 is 4.90 Å². The zero-order valence-corrected chi connectivity index (χ0v) is 17.1. The summed E-state index contributed by atoms with van der Waals surface area (Å²) in [6.07, 6.45) is 1.80. The molecule has 2 heterocycles. The first kappa shape index (κ1) is 19.4. The summed E-state index contributed by atoms with van der Waals surface area (Å²) >= 11 is 5.97. The fourth-order valence-corrected chi connectivity index (χ4v) is 6.38. The lowest BCUT2D eigenvalue weighted by Crippen LogP contribution is -2.62. The van der Waals surface area contributed by atoms with Crippen LogP contribution in [0.5, 0.6) is 0 Å². The molecular weight excluding hydrogens is 396 g/mol. The Hall–Kier alpha value is -1.89. The standard InChI is InChI=1S/C21H23ClN2O3S/c22-17-8-10-18(11-9-17)24-20-15-28(26,27)14-19(20)23(13-21(24)25)12-4-7-16-5-2-1-3-6-16/h1-3,5-6,8-11,19-20H,4,7,12-15H2/t19-,20+/m1/s1. The first-order valence-corrected chi connectivity index (χ1v) is 11.7. The molecule has 0 bridgehead atoms. The predicted molar refractivity (Wildman–Crippen MR) is 112 cm³/mol. The van der Waals surface area contributed by atoms with Gasteiger partial charge in [-0.15, -0.1) is 0 Å². The number of amides is 1. The van der Waals surface area contributed by atoms with Gasteiger partial charge in [-0.1, -0.05) is 41.9 Å². The molecule has 0 radical (unpaired) electrons. The Morgan fingerprint density at radius 1 is 0.964 bits per heavy atom. The third-order valence-corrected chi connectivity index (χ3v) is 7.51. The number of benzene rings is 2. The molecule has 0 N–H and O–H groups in total. The van der Waals surface area contributed by atoms with Crippen LogP contribution in [0.1, 0.15) is 12.0 Å². The molecule has 2 aromatic carbocycles. The van der Waals surface area contributed by atoms with Crippen LogP contribution in [0.3, 0.4) is 0 Å². The van der Waals surface area contributed by atoms with Crippen molar-refractivity contribution in [3.8, 4) is 0 Å². The van der Waals surface area contributed by atoms with Gasteiger partial charge in [-0.05, 0) is 49.2 Å². The number of piperazine rings is 1. The number of nitrogens with zero attached hydrogens (tertiary/aromatic N) is 2. The van der Waals surface area contributed by atoms with E-state index >= 15 is 0 Å². The normalized spacial score (nSPS) is 24.3. The maximum atomic E-state index is 12.9. The minimum atomic E-state index is -3.17. The molecule has 2 atom stereocenters. The van der Waals surface area contributed by atoms with Crippen molar-refractivity contribution in [2.24, 2.45) is 0 Å². The number of carbonyl (C=O) groups is 1. The third-order valence-electron chi connectivity index (χ3n) is 5.56. The van der Waals surface area contributed by atoms with Gasteiger partial charge in [-0.25, -0.2) is 8.42 Å². The lowest BCUT2D eigenvalue weighted by Gasteiger charge is -2.43. The summed E-state index contributed by atoms with van der Waals surface area (Å²) in [6, 6.07) is 16.7. The van der Waals surface area contributed by atoms with Crippen LogP contribution in [0.4, 0.5) is 5.69 Å². The highest BCUT2D eigenvalue weighted by atomic mass is 35.5. The van der Waals surface area contributed by atoms with Crippen molar-refractivity contribution in [1.29, 1.82) is 0 Å². The second kappa shape index (κ2) is 7.85. The molecule has 1 amide bonds. The van der Waals surface area contributed by atoms with Crippen LogP contribution >= 0.6 is 11.6 Å². The summed E-state index contributed by atoms with van der Waals surface area (Å²) in [5.41, 5.74) is 1.97. The molecule has 7 heteroatoms. The van der Waals surface area contributed by atoms with Crippen molar-refractivity contribution in [3.05, 3.63) is 65.2 Å². The van der Waals surface area contributed by atoms with Crippen LogP contribution in [-0.4, -0.2) is 55.9 Å². The van der Waals surface area contributed by atoms with Gasteiger partial charge in [0.1, 0.15) is 0 Å². The summed E-state index contributed by atoms with van der Waals surface area (Å²) in [5.74, 6) is 0.0714. The molecular formula is C21H23ClN2O3S. The number of sulfone groups is 1. The number of hydrogen-bond donors (Lipinski definition) is 0. The Balaban J connectivity index is 1.52. The zero-order chi connectivity index (χ0) is 19.7. The number of carbonyl (C=O) groups excluding carboxylic acids is 1. The van der Waals surface area contributed by atoms with E-state index in [9.17, 15) is 13.2 Å². The Morgan fingerprint density at radius 3 is 2.36 bits per heavy atom. The Bertz CT molecular complexity index is 947. The van der Waals surface area contributed by atoms with Gasteiger partial charge in [0.15, 0.2) is 9.84 Å². The highest BCUT2D eigenvalue weighted by molar-refractivity contribution is 7.91. The largest absolute Gasteiger partial charge is 0.306 e. The van der Waals surface area contributed by atoms with E-state index in [1.54, 1.807) is 29.2 Å². The van der Waals surface area contributed by atoms with Gasteiger partial charge in [-0.3, -0.25) is 9.69 Å². The summed E-state index contributed by atoms with van der Waals surface area (Å²) in [4.78, 5) is 16.7. The number of hydrogen-bond acceptors (Lipinski definition) is 4. The molecule has 0 spiro atoms. The van der Waals surface area contributed by atoms with E-state index in [-0.39, 0.29) is 36.0 Å². The van der Waals surface area contributed by atoms with Crippen molar-refractivity contribution in [2.75, 3.05) is 29.5 Å². The lowest BCUT2D eigenvalue weighted by atomic mass is 10.0. The van der Waals surface area contributed by atoms with Crippen molar-refractivity contribution < 1.29 is 13.2 Å². The molecule has 2 saturated heterocycles. The minimum absolute atomic E-state index is 0.0151. The van der Waals surface area contributed by atoms with Gasteiger partial charge in [-0.2, -0.15) is 0 Å². The van der Waals surface area contributed by atoms with Crippen molar-refractivity contribution >= 4 is 33.0 Å². The van der Waals surface area contributed by atoms with E-state index in [0.717, 1.165) is 12.8 Å². The third kappa shape index (κ3) is 4.09. The summed E-state index contributed by atoms with van der Waals surface area (Å²) in [5, 5.41) is 0.589. The smallest absolute Gasteiger partial charge is 0.241 e. The van der Waals surface area contributed by atoms with Gasteiger partial charge in [0, 0.05) is 16.8 Å². The molecule has 28 heavy (non-hydrogen) atoms. The summed E-state index contributed by atoms with van der Waals surface area (Å²) < 4.78 is 24.8. The number of anilines is 1. The average Bonchev–Trinajstić information content (AvgIpc) is 2.99. The van der Waals surface area contributed by atoms with Gasteiger partial charge in [0.2, 0.25) is 5.91 Å². The van der Waals surface area contributed by atoms with Crippen molar-refractivity contribution in [3.63, 3.8) is 0 Å². The van der Waals surface area contributed by atoms with Crippen LogP contribution in [0.15, 0.2) is 54.6 Å². The van der Waals surface area contributed by atoms with Crippen LogP contribution in [0, 0.1) is 0 Å². The van der Waals surface area contributed by atoms with Gasteiger partial charge >= 0.3 is 0 Å². The van der Waals surface area contributed by atoms with Crippen LogP contribution in [-0.2, 0) is 21.1 Å². The highest BCUT2D eigenvalue weighted by Crippen LogP contribution is 2.32. The van der Waals surface area contributed by atoms with Crippen LogP contribution in [0.25, 0.3) is 0 Å². The van der Waals surface area contributed by atoms with Gasteiger partial charge in [0.05, 0.1) is 24.1 Å². The zero-order valence-electron chi connectivity index (χ0n) is 15.5. The average molecular weight is 419 g/mol. The van der Waals surface area contributed by atoms with E-state index in [2.05, 4.69) is 17.0 Å². The Kier molecular flexibility index (Phi) is 5.45. The molecule has 2 fully saturated rings. The first-order valence-electron chi connectivity index (χ1n) is 9.49.